The predicted molar refractivity (Wildman–Crippen MR) is 103 cm³/mol. The molecule has 2 N–H and O–H groups in total. The van der Waals surface area contributed by atoms with Gasteiger partial charge in [-0.1, -0.05) is 48.5 Å². The summed E-state index contributed by atoms with van der Waals surface area (Å²) in [5.41, 5.74) is 4.26. The number of aryl methyl sites for hydroxylation is 1. The maximum Gasteiger partial charge on any atom is 0.252 e. The minimum Gasteiger partial charge on any atom is -0.345 e. The first-order chi connectivity index (χ1) is 13.0. The standard InChI is InChI=1S/C21H20N4O2/c1-13-19(14-8-4-3-5-9-14)24-25(2)20(13)23-18(26)12-17-15-10-6-7-11-16(15)21(27)22-17/h3-11,17H,12H2,1-2H3,(H,22,27)(H,23,26). The summed E-state index contributed by atoms with van der Waals surface area (Å²) in [6.45, 7) is 1.94. The van der Waals surface area contributed by atoms with Gasteiger partial charge in [-0.25, -0.2) is 0 Å². The van der Waals surface area contributed by atoms with Gasteiger partial charge in [-0.3, -0.25) is 14.3 Å². The van der Waals surface area contributed by atoms with Gasteiger partial charge in [0.15, 0.2) is 0 Å². The first-order valence-electron chi connectivity index (χ1n) is 8.83. The highest BCUT2D eigenvalue weighted by Gasteiger charge is 2.30. The number of nitrogens with one attached hydrogen (secondary N) is 2. The van der Waals surface area contributed by atoms with Gasteiger partial charge in [0, 0.05) is 23.7 Å². The van der Waals surface area contributed by atoms with E-state index >= 15 is 0 Å². The summed E-state index contributed by atoms with van der Waals surface area (Å²) in [7, 11) is 1.81. The summed E-state index contributed by atoms with van der Waals surface area (Å²) in [5, 5.41) is 10.4. The third kappa shape index (κ3) is 3.10. The van der Waals surface area contributed by atoms with Crippen molar-refractivity contribution in [2.45, 2.75) is 19.4 Å². The van der Waals surface area contributed by atoms with Gasteiger partial charge in [0.2, 0.25) is 5.91 Å². The highest BCUT2D eigenvalue weighted by atomic mass is 16.2. The van der Waals surface area contributed by atoms with E-state index in [0.29, 0.717) is 11.4 Å². The van der Waals surface area contributed by atoms with Crippen molar-refractivity contribution < 1.29 is 9.59 Å². The van der Waals surface area contributed by atoms with E-state index in [1.54, 1.807) is 10.7 Å². The second-order valence-corrected chi connectivity index (χ2v) is 6.68. The summed E-state index contributed by atoms with van der Waals surface area (Å²) in [6, 6.07) is 16.9. The molecule has 6 nitrogen and oxygen atoms in total. The SMILES string of the molecule is Cc1c(-c2ccccc2)nn(C)c1NC(=O)CC1NC(=O)c2ccccc21. The zero-order chi connectivity index (χ0) is 19.0. The third-order valence-electron chi connectivity index (χ3n) is 4.86. The van der Waals surface area contributed by atoms with Crippen LogP contribution in [0.4, 0.5) is 5.82 Å². The second-order valence-electron chi connectivity index (χ2n) is 6.68. The number of fused-ring (bicyclic) bond motifs is 1. The fourth-order valence-electron chi connectivity index (χ4n) is 3.53. The van der Waals surface area contributed by atoms with Crippen molar-refractivity contribution in [2.24, 2.45) is 7.05 Å². The summed E-state index contributed by atoms with van der Waals surface area (Å²) in [6.07, 6.45) is 0.175. The third-order valence-corrected chi connectivity index (χ3v) is 4.86. The lowest BCUT2D eigenvalue weighted by Crippen LogP contribution is -2.25. The molecule has 1 aliphatic rings. The summed E-state index contributed by atoms with van der Waals surface area (Å²) in [4.78, 5) is 24.7. The molecule has 0 bridgehead atoms. The minimum atomic E-state index is -0.309. The summed E-state index contributed by atoms with van der Waals surface area (Å²) < 4.78 is 1.68. The number of carbonyl (C=O) groups excluding carboxylic acids is 2. The Balaban J connectivity index is 1.53. The summed E-state index contributed by atoms with van der Waals surface area (Å²) in [5.74, 6) is 0.366. The number of anilines is 1. The molecule has 1 aromatic heterocycles. The van der Waals surface area contributed by atoms with Crippen molar-refractivity contribution >= 4 is 17.6 Å². The van der Waals surface area contributed by atoms with Crippen molar-refractivity contribution in [3.05, 3.63) is 71.3 Å². The quantitative estimate of drug-likeness (QED) is 0.750. The topological polar surface area (TPSA) is 76.0 Å². The van der Waals surface area contributed by atoms with E-state index in [2.05, 4.69) is 15.7 Å². The molecule has 0 radical (unpaired) electrons. The predicted octanol–water partition coefficient (Wildman–Crippen LogP) is 3.21. The first-order valence-corrected chi connectivity index (χ1v) is 8.83. The van der Waals surface area contributed by atoms with Gasteiger partial charge in [-0.05, 0) is 18.6 Å². The Morgan fingerprint density at radius 2 is 1.85 bits per heavy atom. The van der Waals surface area contributed by atoms with Gasteiger partial charge in [0.25, 0.3) is 5.91 Å². The maximum absolute atomic E-state index is 12.6. The number of nitrogens with zero attached hydrogens (tertiary/aromatic N) is 2. The Morgan fingerprint density at radius 3 is 2.63 bits per heavy atom. The molecule has 0 fully saturated rings. The highest BCUT2D eigenvalue weighted by Crippen LogP contribution is 2.30. The zero-order valence-corrected chi connectivity index (χ0v) is 15.2. The van der Waals surface area contributed by atoms with E-state index in [1.165, 1.54) is 0 Å². The number of rotatable bonds is 4. The normalized spacial score (nSPS) is 15.3. The molecule has 0 saturated carbocycles. The van der Waals surface area contributed by atoms with Gasteiger partial charge in [0.05, 0.1) is 18.2 Å². The minimum absolute atomic E-state index is 0.133. The molecule has 2 aromatic carbocycles. The van der Waals surface area contributed by atoms with Crippen LogP contribution in [-0.2, 0) is 11.8 Å². The molecule has 2 heterocycles. The van der Waals surface area contributed by atoms with Crippen LogP contribution in [0.25, 0.3) is 11.3 Å². The van der Waals surface area contributed by atoms with Gasteiger partial charge in [-0.15, -0.1) is 0 Å². The number of amides is 2. The van der Waals surface area contributed by atoms with E-state index in [1.807, 2.05) is 62.5 Å². The van der Waals surface area contributed by atoms with E-state index in [-0.39, 0.29) is 24.3 Å². The average Bonchev–Trinajstić information content (AvgIpc) is 3.14. The number of benzene rings is 2. The van der Waals surface area contributed by atoms with Gasteiger partial charge < -0.3 is 10.6 Å². The molecule has 27 heavy (non-hydrogen) atoms. The van der Waals surface area contributed by atoms with Crippen LogP contribution in [0.3, 0.4) is 0 Å². The van der Waals surface area contributed by atoms with Crippen molar-refractivity contribution in [3.63, 3.8) is 0 Å². The van der Waals surface area contributed by atoms with Crippen molar-refractivity contribution in [2.75, 3.05) is 5.32 Å². The van der Waals surface area contributed by atoms with E-state index in [9.17, 15) is 9.59 Å². The molecule has 1 aliphatic heterocycles. The van der Waals surface area contributed by atoms with Crippen LogP contribution >= 0.6 is 0 Å². The Labute approximate surface area is 157 Å². The Bertz CT molecular complexity index is 1020. The monoisotopic (exact) mass is 360 g/mol. The van der Waals surface area contributed by atoms with Crippen LogP contribution in [0.5, 0.6) is 0 Å². The molecule has 0 spiro atoms. The van der Waals surface area contributed by atoms with E-state index in [4.69, 9.17) is 0 Å². The average molecular weight is 360 g/mol. The van der Waals surface area contributed by atoms with Crippen LogP contribution in [-0.4, -0.2) is 21.6 Å². The molecule has 1 unspecified atom stereocenters. The first kappa shape index (κ1) is 17.0. The molecule has 3 aromatic rings. The molecule has 0 aliphatic carbocycles. The van der Waals surface area contributed by atoms with Crippen LogP contribution < -0.4 is 10.6 Å². The largest absolute Gasteiger partial charge is 0.345 e. The molecule has 0 saturated heterocycles. The van der Waals surface area contributed by atoms with E-state index < -0.39 is 0 Å². The number of hydrogen-bond acceptors (Lipinski definition) is 3. The van der Waals surface area contributed by atoms with Crippen molar-refractivity contribution in [1.29, 1.82) is 0 Å². The van der Waals surface area contributed by atoms with Crippen molar-refractivity contribution in [3.8, 4) is 11.3 Å². The summed E-state index contributed by atoms with van der Waals surface area (Å²) >= 11 is 0. The molecular formula is C21H20N4O2. The smallest absolute Gasteiger partial charge is 0.252 e. The molecule has 2 amide bonds. The van der Waals surface area contributed by atoms with E-state index in [0.717, 1.165) is 22.4 Å². The van der Waals surface area contributed by atoms with Gasteiger partial charge >= 0.3 is 0 Å². The Hall–Kier alpha value is -3.41. The fraction of sp³-hybridized carbons (Fsp3) is 0.190. The zero-order valence-electron chi connectivity index (χ0n) is 15.2. The van der Waals surface area contributed by atoms with Crippen LogP contribution in [0.1, 0.15) is 33.9 Å². The lowest BCUT2D eigenvalue weighted by Gasteiger charge is -2.12. The molecule has 136 valence electrons. The lowest BCUT2D eigenvalue weighted by molar-refractivity contribution is -0.116. The fourth-order valence-corrected chi connectivity index (χ4v) is 3.53. The number of aromatic nitrogens is 2. The number of carbonyl (C=O) groups is 2. The van der Waals surface area contributed by atoms with Gasteiger partial charge in [0.1, 0.15) is 5.82 Å². The van der Waals surface area contributed by atoms with Crippen LogP contribution in [0.15, 0.2) is 54.6 Å². The van der Waals surface area contributed by atoms with Gasteiger partial charge in [-0.2, -0.15) is 5.10 Å². The maximum atomic E-state index is 12.6. The number of hydrogen-bond donors (Lipinski definition) is 2. The van der Waals surface area contributed by atoms with Crippen LogP contribution in [0.2, 0.25) is 0 Å². The molecular weight excluding hydrogens is 340 g/mol. The Morgan fingerprint density at radius 1 is 1.15 bits per heavy atom. The molecule has 1 atom stereocenters. The molecule has 6 heteroatoms. The second kappa shape index (κ2) is 6.72. The van der Waals surface area contributed by atoms with Crippen LogP contribution in [0, 0.1) is 6.92 Å². The van der Waals surface area contributed by atoms with Crippen molar-refractivity contribution in [1.82, 2.24) is 15.1 Å². The molecule has 4 rings (SSSR count). The lowest BCUT2D eigenvalue weighted by atomic mass is 10.0. The Kier molecular flexibility index (Phi) is 4.24. The highest BCUT2D eigenvalue weighted by molar-refractivity contribution is 6.00.